The maximum atomic E-state index is 5.34. The summed E-state index contributed by atoms with van der Waals surface area (Å²) in [6, 6.07) is 0.540. The Morgan fingerprint density at radius 3 is 3.06 bits per heavy atom. The van der Waals surface area contributed by atoms with Crippen LogP contribution in [0.15, 0.2) is 4.52 Å². The lowest BCUT2D eigenvalue weighted by molar-refractivity contribution is 0.295. The largest absolute Gasteiger partial charge is 0.342 e. The molecule has 0 aromatic carbocycles. The Morgan fingerprint density at radius 2 is 2.38 bits per heavy atom. The fourth-order valence-corrected chi connectivity index (χ4v) is 2.05. The highest BCUT2D eigenvalue weighted by atomic mass is 16.5. The highest BCUT2D eigenvalue weighted by molar-refractivity contribution is 5.25. The molecule has 0 radical (unpaired) electrons. The minimum atomic E-state index is 0.419. The Kier molecular flexibility index (Phi) is 3.43. The third-order valence-electron chi connectivity index (χ3n) is 3.22. The first-order chi connectivity index (χ1) is 7.70. The van der Waals surface area contributed by atoms with Gasteiger partial charge < -0.3 is 14.7 Å². The van der Waals surface area contributed by atoms with E-state index in [9.17, 15) is 0 Å². The topological polar surface area (TPSA) is 54.2 Å². The molecular formula is C11H20N4O. The fourth-order valence-electron chi connectivity index (χ4n) is 2.05. The first-order valence-corrected chi connectivity index (χ1v) is 5.98. The van der Waals surface area contributed by atoms with Crippen LogP contribution in [0.4, 0.5) is 5.95 Å². The monoisotopic (exact) mass is 224 g/mol. The zero-order valence-electron chi connectivity index (χ0n) is 10.2. The molecule has 0 amide bonds. The van der Waals surface area contributed by atoms with Gasteiger partial charge >= 0.3 is 0 Å². The van der Waals surface area contributed by atoms with Crippen LogP contribution in [0.2, 0.25) is 0 Å². The second-order valence-corrected chi connectivity index (χ2v) is 4.52. The standard InChI is InChI=1S/C11H20N4O/c1-4-15(3)11-13-10(16-14-11)9-5-6-12-8(2)7-9/h8-9,12H,4-7H2,1-3H3. The molecule has 1 aromatic rings. The van der Waals surface area contributed by atoms with Gasteiger partial charge in [0, 0.05) is 25.6 Å². The minimum Gasteiger partial charge on any atom is -0.342 e. The van der Waals surface area contributed by atoms with Crippen molar-refractivity contribution < 1.29 is 4.52 Å². The van der Waals surface area contributed by atoms with Gasteiger partial charge in [-0.05, 0) is 38.4 Å². The van der Waals surface area contributed by atoms with E-state index in [2.05, 4.69) is 29.3 Å². The average Bonchev–Trinajstić information content (AvgIpc) is 2.77. The average molecular weight is 224 g/mol. The summed E-state index contributed by atoms with van der Waals surface area (Å²) in [6.45, 7) is 6.19. The van der Waals surface area contributed by atoms with Gasteiger partial charge in [-0.3, -0.25) is 0 Å². The van der Waals surface area contributed by atoms with Crippen molar-refractivity contribution in [1.82, 2.24) is 15.5 Å². The molecule has 0 saturated carbocycles. The molecule has 2 atom stereocenters. The van der Waals surface area contributed by atoms with Gasteiger partial charge in [0.25, 0.3) is 5.95 Å². The lowest BCUT2D eigenvalue weighted by Crippen LogP contribution is -2.35. The Labute approximate surface area is 96.2 Å². The van der Waals surface area contributed by atoms with Gasteiger partial charge in [0.2, 0.25) is 5.89 Å². The van der Waals surface area contributed by atoms with Crippen LogP contribution in [0.3, 0.4) is 0 Å². The first-order valence-electron chi connectivity index (χ1n) is 5.98. The molecule has 0 spiro atoms. The Balaban J connectivity index is 2.06. The van der Waals surface area contributed by atoms with E-state index in [0.717, 1.165) is 31.8 Å². The number of anilines is 1. The quantitative estimate of drug-likeness (QED) is 0.840. The molecule has 16 heavy (non-hydrogen) atoms. The van der Waals surface area contributed by atoms with Crippen molar-refractivity contribution in [3.05, 3.63) is 5.89 Å². The van der Waals surface area contributed by atoms with Crippen molar-refractivity contribution in [1.29, 1.82) is 0 Å². The molecule has 1 fully saturated rings. The molecule has 0 bridgehead atoms. The zero-order valence-corrected chi connectivity index (χ0v) is 10.2. The predicted molar refractivity (Wildman–Crippen MR) is 62.7 cm³/mol. The Hall–Kier alpha value is -1.10. The third-order valence-corrected chi connectivity index (χ3v) is 3.22. The van der Waals surface area contributed by atoms with Crippen molar-refractivity contribution in [3.8, 4) is 0 Å². The summed E-state index contributed by atoms with van der Waals surface area (Å²) in [5.74, 6) is 1.91. The van der Waals surface area contributed by atoms with Gasteiger partial charge in [0.15, 0.2) is 0 Å². The fraction of sp³-hybridized carbons (Fsp3) is 0.818. The molecule has 90 valence electrons. The molecule has 0 aliphatic carbocycles. The van der Waals surface area contributed by atoms with Gasteiger partial charge in [0.05, 0.1) is 0 Å². The molecule has 2 rings (SSSR count). The number of nitrogens with one attached hydrogen (secondary N) is 1. The van der Waals surface area contributed by atoms with E-state index in [4.69, 9.17) is 4.52 Å². The maximum Gasteiger partial charge on any atom is 0.265 e. The first kappa shape index (κ1) is 11.4. The molecule has 5 nitrogen and oxygen atoms in total. The van der Waals surface area contributed by atoms with Crippen LogP contribution in [0, 0.1) is 0 Å². The number of nitrogens with zero attached hydrogens (tertiary/aromatic N) is 3. The van der Waals surface area contributed by atoms with Gasteiger partial charge in [-0.2, -0.15) is 4.98 Å². The molecule has 2 unspecified atom stereocenters. The van der Waals surface area contributed by atoms with Crippen molar-refractivity contribution in [2.75, 3.05) is 25.0 Å². The Morgan fingerprint density at radius 1 is 1.56 bits per heavy atom. The number of hydrogen-bond acceptors (Lipinski definition) is 5. The van der Waals surface area contributed by atoms with Crippen LogP contribution in [-0.2, 0) is 0 Å². The lowest BCUT2D eigenvalue weighted by Gasteiger charge is -2.25. The molecule has 1 aliphatic heterocycles. The van der Waals surface area contributed by atoms with E-state index < -0.39 is 0 Å². The van der Waals surface area contributed by atoms with E-state index in [1.807, 2.05) is 11.9 Å². The summed E-state index contributed by atoms with van der Waals surface area (Å²) in [4.78, 5) is 6.44. The van der Waals surface area contributed by atoms with Gasteiger partial charge in [-0.1, -0.05) is 0 Å². The zero-order chi connectivity index (χ0) is 11.5. The highest BCUT2D eigenvalue weighted by Gasteiger charge is 2.25. The molecule has 2 heterocycles. The number of hydrogen-bond donors (Lipinski definition) is 1. The van der Waals surface area contributed by atoms with Crippen molar-refractivity contribution in [2.45, 2.75) is 38.6 Å². The summed E-state index contributed by atoms with van der Waals surface area (Å²) in [5.41, 5.74) is 0. The van der Waals surface area contributed by atoms with E-state index in [1.54, 1.807) is 0 Å². The van der Waals surface area contributed by atoms with Crippen molar-refractivity contribution in [2.24, 2.45) is 0 Å². The van der Waals surface area contributed by atoms with Gasteiger partial charge in [-0.25, -0.2) is 0 Å². The smallest absolute Gasteiger partial charge is 0.265 e. The van der Waals surface area contributed by atoms with E-state index in [0.29, 0.717) is 17.9 Å². The number of piperidine rings is 1. The van der Waals surface area contributed by atoms with Crippen LogP contribution in [0.25, 0.3) is 0 Å². The second kappa shape index (κ2) is 4.82. The van der Waals surface area contributed by atoms with Crippen LogP contribution in [-0.4, -0.2) is 36.3 Å². The van der Waals surface area contributed by atoms with Crippen molar-refractivity contribution in [3.63, 3.8) is 0 Å². The maximum absolute atomic E-state index is 5.34. The lowest BCUT2D eigenvalue weighted by atomic mass is 9.93. The van der Waals surface area contributed by atoms with Gasteiger partial charge in [-0.15, -0.1) is 0 Å². The van der Waals surface area contributed by atoms with E-state index in [1.165, 1.54) is 0 Å². The normalized spacial score (nSPS) is 25.7. The molecule has 1 aromatic heterocycles. The summed E-state index contributed by atoms with van der Waals surface area (Å²) in [5, 5.41) is 7.43. The highest BCUT2D eigenvalue weighted by Crippen LogP contribution is 2.27. The molecule has 1 aliphatic rings. The third kappa shape index (κ3) is 2.35. The SMILES string of the molecule is CCN(C)c1noc(C2CCNC(C)C2)n1. The second-order valence-electron chi connectivity index (χ2n) is 4.52. The van der Waals surface area contributed by atoms with Crippen LogP contribution in [0.1, 0.15) is 38.5 Å². The van der Waals surface area contributed by atoms with Crippen LogP contribution >= 0.6 is 0 Å². The number of rotatable bonds is 3. The summed E-state index contributed by atoms with van der Waals surface area (Å²) in [7, 11) is 1.97. The van der Waals surface area contributed by atoms with E-state index in [-0.39, 0.29) is 0 Å². The van der Waals surface area contributed by atoms with Crippen LogP contribution in [0.5, 0.6) is 0 Å². The molecule has 1 saturated heterocycles. The van der Waals surface area contributed by atoms with Crippen LogP contribution < -0.4 is 10.2 Å². The Bertz CT molecular complexity index is 338. The molecule has 1 N–H and O–H groups in total. The molecular weight excluding hydrogens is 204 g/mol. The van der Waals surface area contributed by atoms with Gasteiger partial charge in [0.1, 0.15) is 0 Å². The minimum absolute atomic E-state index is 0.419. The summed E-state index contributed by atoms with van der Waals surface area (Å²) >= 11 is 0. The van der Waals surface area contributed by atoms with Crippen molar-refractivity contribution >= 4 is 5.95 Å². The van der Waals surface area contributed by atoms with E-state index >= 15 is 0 Å². The summed E-state index contributed by atoms with van der Waals surface area (Å²) in [6.07, 6.45) is 2.17. The summed E-state index contributed by atoms with van der Waals surface area (Å²) < 4.78 is 5.34. The molecule has 5 heteroatoms. The predicted octanol–water partition coefficient (Wildman–Crippen LogP) is 1.38. The number of aromatic nitrogens is 2.